The van der Waals surface area contributed by atoms with E-state index in [-0.39, 0.29) is 12.3 Å². The lowest BCUT2D eigenvalue weighted by Gasteiger charge is -2.27. The summed E-state index contributed by atoms with van der Waals surface area (Å²) >= 11 is 0. The summed E-state index contributed by atoms with van der Waals surface area (Å²) in [5.74, 6) is 0.898. The molecule has 0 aliphatic rings. The van der Waals surface area contributed by atoms with E-state index in [1.54, 1.807) is 7.11 Å². The Hall–Kier alpha value is -1.10. The molecule has 19 heavy (non-hydrogen) atoms. The fourth-order valence-corrected chi connectivity index (χ4v) is 2.05. The van der Waals surface area contributed by atoms with Crippen LogP contribution in [0, 0.1) is 0 Å². The zero-order valence-corrected chi connectivity index (χ0v) is 12.3. The first-order valence-electron chi connectivity index (χ1n) is 6.79. The summed E-state index contributed by atoms with van der Waals surface area (Å²) in [5, 5.41) is 3.27. The number of rotatable bonds is 9. The molecule has 1 aromatic carbocycles. The van der Waals surface area contributed by atoms with E-state index in [1.807, 2.05) is 39.1 Å². The fourth-order valence-electron chi connectivity index (χ4n) is 2.05. The van der Waals surface area contributed by atoms with Crippen molar-refractivity contribution in [2.45, 2.75) is 32.6 Å². The molecular formula is C15H25NO3. The zero-order chi connectivity index (χ0) is 14.1. The average molecular weight is 267 g/mol. The molecular weight excluding hydrogens is 242 g/mol. The van der Waals surface area contributed by atoms with Gasteiger partial charge in [0.2, 0.25) is 0 Å². The van der Waals surface area contributed by atoms with Gasteiger partial charge in [0, 0.05) is 13.2 Å². The minimum absolute atomic E-state index is 0.0937. The maximum Gasteiger partial charge on any atom is 0.172 e. The van der Waals surface area contributed by atoms with Gasteiger partial charge in [0.1, 0.15) is 5.75 Å². The van der Waals surface area contributed by atoms with Crippen molar-refractivity contribution in [1.29, 1.82) is 0 Å². The minimum atomic E-state index is -0.245. The summed E-state index contributed by atoms with van der Waals surface area (Å²) < 4.78 is 16.7. The Labute approximate surface area is 116 Å². The number of nitrogens with one attached hydrogen (secondary N) is 1. The third-order valence-electron chi connectivity index (χ3n) is 2.99. The number of likely N-dealkylation sites (N-methyl/N-ethyl adjacent to an activating group) is 1. The van der Waals surface area contributed by atoms with Crippen molar-refractivity contribution in [3.63, 3.8) is 0 Å². The maximum atomic E-state index is 5.66. The second-order valence-corrected chi connectivity index (χ2v) is 4.19. The van der Waals surface area contributed by atoms with Gasteiger partial charge in [-0.25, -0.2) is 0 Å². The summed E-state index contributed by atoms with van der Waals surface area (Å²) in [6.45, 7) is 5.22. The van der Waals surface area contributed by atoms with E-state index in [4.69, 9.17) is 14.2 Å². The van der Waals surface area contributed by atoms with E-state index in [2.05, 4.69) is 11.4 Å². The predicted molar refractivity (Wildman–Crippen MR) is 76.6 cm³/mol. The Bertz CT molecular complexity index is 351. The van der Waals surface area contributed by atoms with Crippen LogP contribution in [0.1, 0.15) is 19.4 Å². The van der Waals surface area contributed by atoms with Crippen molar-refractivity contribution in [3.05, 3.63) is 29.8 Å². The SMILES string of the molecule is CCOC(OCC)C(Cc1ccccc1OC)NC. The van der Waals surface area contributed by atoms with Gasteiger partial charge in [-0.3, -0.25) is 0 Å². The molecule has 0 saturated carbocycles. The summed E-state index contributed by atoms with van der Waals surface area (Å²) in [7, 11) is 3.61. The maximum absolute atomic E-state index is 5.66. The van der Waals surface area contributed by atoms with Gasteiger partial charge in [-0.15, -0.1) is 0 Å². The van der Waals surface area contributed by atoms with Gasteiger partial charge in [-0.1, -0.05) is 18.2 Å². The van der Waals surface area contributed by atoms with Crippen LogP contribution >= 0.6 is 0 Å². The van der Waals surface area contributed by atoms with Gasteiger partial charge in [-0.2, -0.15) is 0 Å². The molecule has 108 valence electrons. The van der Waals surface area contributed by atoms with E-state index in [0.717, 1.165) is 17.7 Å². The molecule has 0 aliphatic carbocycles. The lowest BCUT2D eigenvalue weighted by Crippen LogP contribution is -2.43. The Kier molecular flexibility index (Phi) is 7.48. The van der Waals surface area contributed by atoms with E-state index in [1.165, 1.54) is 0 Å². The Morgan fingerprint density at radius 1 is 1.11 bits per heavy atom. The number of ether oxygens (including phenoxy) is 3. The van der Waals surface area contributed by atoms with Gasteiger partial charge >= 0.3 is 0 Å². The van der Waals surface area contributed by atoms with Gasteiger partial charge < -0.3 is 19.5 Å². The summed E-state index contributed by atoms with van der Waals surface area (Å²) in [5.41, 5.74) is 1.15. The molecule has 0 spiro atoms. The van der Waals surface area contributed by atoms with E-state index >= 15 is 0 Å². The van der Waals surface area contributed by atoms with E-state index in [9.17, 15) is 0 Å². The molecule has 1 aromatic rings. The van der Waals surface area contributed by atoms with Crippen molar-refractivity contribution in [3.8, 4) is 5.75 Å². The summed E-state index contributed by atoms with van der Waals surface area (Å²) in [6.07, 6.45) is 0.551. The van der Waals surface area contributed by atoms with Crippen LogP contribution in [0.2, 0.25) is 0 Å². The van der Waals surface area contributed by atoms with Crippen molar-refractivity contribution in [2.75, 3.05) is 27.4 Å². The van der Waals surface area contributed by atoms with Crippen LogP contribution in [0.3, 0.4) is 0 Å². The van der Waals surface area contributed by atoms with Crippen LogP contribution in [-0.4, -0.2) is 39.7 Å². The fraction of sp³-hybridized carbons (Fsp3) is 0.600. The average Bonchev–Trinajstić information content (AvgIpc) is 2.45. The molecule has 1 atom stereocenters. The highest BCUT2D eigenvalue weighted by Gasteiger charge is 2.22. The Balaban J connectivity index is 2.78. The number of benzene rings is 1. The highest BCUT2D eigenvalue weighted by Crippen LogP contribution is 2.20. The second-order valence-electron chi connectivity index (χ2n) is 4.19. The zero-order valence-electron chi connectivity index (χ0n) is 12.3. The quantitative estimate of drug-likeness (QED) is 0.696. The summed E-state index contributed by atoms with van der Waals surface area (Å²) in [4.78, 5) is 0. The van der Waals surface area contributed by atoms with Crippen LogP contribution in [0.15, 0.2) is 24.3 Å². The molecule has 4 nitrogen and oxygen atoms in total. The normalized spacial score (nSPS) is 12.7. The van der Waals surface area contributed by atoms with Crippen LogP contribution in [0.4, 0.5) is 0 Å². The number of methoxy groups -OCH3 is 1. The molecule has 1 unspecified atom stereocenters. The number of hydrogen-bond donors (Lipinski definition) is 1. The molecule has 0 bridgehead atoms. The molecule has 0 saturated heterocycles. The molecule has 0 aliphatic heterocycles. The monoisotopic (exact) mass is 267 g/mol. The smallest absolute Gasteiger partial charge is 0.172 e. The van der Waals surface area contributed by atoms with Crippen molar-refractivity contribution >= 4 is 0 Å². The molecule has 0 aromatic heterocycles. The van der Waals surface area contributed by atoms with Crippen LogP contribution in [0.5, 0.6) is 5.75 Å². The number of hydrogen-bond acceptors (Lipinski definition) is 4. The first kappa shape index (κ1) is 16.0. The van der Waals surface area contributed by atoms with Gasteiger partial charge in [0.15, 0.2) is 6.29 Å². The van der Waals surface area contributed by atoms with Crippen molar-refractivity contribution in [1.82, 2.24) is 5.32 Å². The van der Waals surface area contributed by atoms with Gasteiger partial charge in [-0.05, 0) is 38.9 Å². The summed E-state index contributed by atoms with van der Waals surface area (Å²) in [6, 6.07) is 8.12. The highest BCUT2D eigenvalue weighted by molar-refractivity contribution is 5.33. The first-order chi connectivity index (χ1) is 9.26. The number of para-hydroxylation sites is 1. The largest absolute Gasteiger partial charge is 0.496 e. The van der Waals surface area contributed by atoms with Gasteiger partial charge in [0.05, 0.1) is 13.2 Å². The van der Waals surface area contributed by atoms with E-state index < -0.39 is 0 Å². The molecule has 1 rings (SSSR count). The van der Waals surface area contributed by atoms with E-state index in [0.29, 0.717) is 13.2 Å². The standard InChI is InChI=1S/C15H25NO3/c1-5-18-15(19-6-2)13(16-3)11-12-9-7-8-10-14(12)17-4/h7-10,13,15-16H,5-6,11H2,1-4H3. The molecule has 4 heteroatoms. The highest BCUT2D eigenvalue weighted by atomic mass is 16.7. The van der Waals surface area contributed by atoms with Crippen LogP contribution in [0.25, 0.3) is 0 Å². The predicted octanol–water partition coefficient (Wildman–Crippen LogP) is 2.22. The Morgan fingerprint density at radius 3 is 2.26 bits per heavy atom. The minimum Gasteiger partial charge on any atom is -0.496 e. The molecule has 0 heterocycles. The molecule has 0 fully saturated rings. The van der Waals surface area contributed by atoms with Crippen LogP contribution < -0.4 is 10.1 Å². The molecule has 1 N–H and O–H groups in total. The first-order valence-corrected chi connectivity index (χ1v) is 6.79. The lowest BCUT2D eigenvalue weighted by molar-refractivity contribution is -0.152. The molecule has 0 amide bonds. The third kappa shape index (κ3) is 4.82. The lowest BCUT2D eigenvalue weighted by atomic mass is 10.0. The molecule has 0 radical (unpaired) electrons. The second kappa shape index (κ2) is 8.91. The van der Waals surface area contributed by atoms with Crippen molar-refractivity contribution in [2.24, 2.45) is 0 Å². The van der Waals surface area contributed by atoms with Gasteiger partial charge in [0.25, 0.3) is 0 Å². The topological polar surface area (TPSA) is 39.7 Å². The van der Waals surface area contributed by atoms with Crippen molar-refractivity contribution < 1.29 is 14.2 Å². The Morgan fingerprint density at radius 2 is 1.74 bits per heavy atom. The van der Waals surface area contributed by atoms with Crippen LogP contribution in [-0.2, 0) is 15.9 Å². The third-order valence-corrected chi connectivity index (χ3v) is 2.99.